The minimum atomic E-state index is -3.89. The molecular weight excluding hydrogens is 400 g/mol. The number of nitrogens with one attached hydrogen (secondary N) is 1. The second kappa shape index (κ2) is 8.01. The summed E-state index contributed by atoms with van der Waals surface area (Å²) in [5, 5.41) is 10.00. The van der Waals surface area contributed by atoms with Gasteiger partial charge in [0, 0.05) is 23.8 Å². The lowest BCUT2D eigenvalue weighted by Crippen LogP contribution is -2.33. The van der Waals surface area contributed by atoms with E-state index in [1.165, 1.54) is 12.1 Å². The highest BCUT2D eigenvalue weighted by molar-refractivity contribution is 7.92. The highest BCUT2D eigenvalue weighted by Gasteiger charge is 2.23. The van der Waals surface area contributed by atoms with Crippen LogP contribution < -0.4 is 9.62 Å². The van der Waals surface area contributed by atoms with Gasteiger partial charge in [-0.2, -0.15) is 0 Å². The number of carbonyl (C=O) groups is 1. The lowest BCUT2D eigenvalue weighted by atomic mass is 9.98. The molecule has 0 radical (unpaired) electrons. The number of hydrogen-bond donors (Lipinski definition) is 2. The van der Waals surface area contributed by atoms with Crippen LogP contribution in [0.4, 0.5) is 11.4 Å². The zero-order valence-electron chi connectivity index (χ0n) is 15.8. The molecule has 0 bridgehead atoms. The number of rotatable bonds is 5. The number of sulfonamides is 1. The van der Waals surface area contributed by atoms with Crippen LogP contribution in [0.5, 0.6) is 0 Å². The van der Waals surface area contributed by atoms with Crippen LogP contribution in [-0.4, -0.2) is 32.6 Å². The van der Waals surface area contributed by atoms with Crippen LogP contribution in [0.2, 0.25) is 5.02 Å². The van der Waals surface area contributed by atoms with E-state index >= 15 is 0 Å². The Bertz CT molecular complexity index is 999. The summed E-state index contributed by atoms with van der Waals surface area (Å²) in [6.07, 6.45) is 2.00. The quantitative estimate of drug-likeness (QED) is 0.746. The summed E-state index contributed by atoms with van der Waals surface area (Å²) in [5.41, 5.74) is 1.33. The number of nitrogens with zero attached hydrogens (tertiary/aromatic N) is 1. The third-order valence-corrected chi connectivity index (χ3v) is 7.05. The number of carboxylic acid groups (broad SMARTS) is 1. The molecule has 6 nitrogen and oxygen atoms in total. The maximum atomic E-state index is 12.8. The van der Waals surface area contributed by atoms with E-state index in [0.29, 0.717) is 22.2 Å². The van der Waals surface area contributed by atoms with E-state index in [1.54, 1.807) is 31.2 Å². The highest BCUT2D eigenvalue weighted by Crippen LogP contribution is 2.30. The van der Waals surface area contributed by atoms with Gasteiger partial charge in [-0.05, 0) is 61.6 Å². The Balaban J connectivity index is 1.92. The highest BCUT2D eigenvalue weighted by atomic mass is 35.5. The average molecular weight is 423 g/mol. The molecule has 2 N–H and O–H groups in total. The van der Waals surface area contributed by atoms with Crippen molar-refractivity contribution in [2.75, 3.05) is 22.7 Å². The minimum Gasteiger partial charge on any atom is -0.478 e. The van der Waals surface area contributed by atoms with Crippen molar-refractivity contribution in [3.63, 3.8) is 0 Å². The number of anilines is 2. The second-order valence-corrected chi connectivity index (χ2v) is 9.23. The maximum absolute atomic E-state index is 12.8. The van der Waals surface area contributed by atoms with E-state index in [1.807, 2.05) is 4.90 Å². The molecule has 28 heavy (non-hydrogen) atoms. The first-order valence-corrected chi connectivity index (χ1v) is 11.0. The van der Waals surface area contributed by atoms with Crippen LogP contribution in [0, 0.1) is 12.8 Å². The monoisotopic (exact) mass is 422 g/mol. The average Bonchev–Trinajstić information content (AvgIpc) is 2.64. The van der Waals surface area contributed by atoms with E-state index in [4.69, 9.17) is 11.6 Å². The third kappa shape index (κ3) is 4.25. The molecule has 0 spiro atoms. The van der Waals surface area contributed by atoms with Gasteiger partial charge in [0.2, 0.25) is 0 Å². The van der Waals surface area contributed by atoms with Crippen molar-refractivity contribution in [2.24, 2.45) is 5.92 Å². The van der Waals surface area contributed by atoms with Gasteiger partial charge in [0.1, 0.15) is 0 Å². The molecule has 150 valence electrons. The van der Waals surface area contributed by atoms with Crippen LogP contribution in [0.15, 0.2) is 41.3 Å². The predicted octanol–water partition coefficient (Wildman–Crippen LogP) is 4.38. The van der Waals surface area contributed by atoms with E-state index in [9.17, 15) is 18.3 Å². The normalized spacial score (nSPS) is 15.5. The fraction of sp³-hybridized carbons (Fsp3) is 0.350. The summed E-state index contributed by atoms with van der Waals surface area (Å²) in [4.78, 5) is 13.9. The van der Waals surface area contributed by atoms with Crippen LogP contribution in [0.3, 0.4) is 0 Å². The molecular formula is C20H23ClN2O4S. The lowest BCUT2D eigenvalue weighted by molar-refractivity contribution is 0.0697. The topological polar surface area (TPSA) is 86.7 Å². The minimum absolute atomic E-state index is 0.0611. The Hall–Kier alpha value is -2.25. The summed E-state index contributed by atoms with van der Waals surface area (Å²) >= 11 is 6.03. The zero-order valence-corrected chi connectivity index (χ0v) is 17.3. The smallest absolute Gasteiger partial charge is 0.337 e. The molecule has 2 aromatic carbocycles. The maximum Gasteiger partial charge on any atom is 0.337 e. The van der Waals surface area contributed by atoms with Gasteiger partial charge in [-0.3, -0.25) is 4.72 Å². The van der Waals surface area contributed by atoms with Crippen molar-refractivity contribution < 1.29 is 18.3 Å². The van der Waals surface area contributed by atoms with Gasteiger partial charge in [0.25, 0.3) is 10.0 Å². The van der Waals surface area contributed by atoms with Crippen LogP contribution in [0.25, 0.3) is 0 Å². The first-order chi connectivity index (χ1) is 13.2. The Kier molecular flexibility index (Phi) is 5.86. The van der Waals surface area contributed by atoms with Gasteiger partial charge in [-0.15, -0.1) is 0 Å². The summed E-state index contributed by atoms with van der Waals surface area (Å²) in [5.74, 6) is -0.467. The molecule has 1 aliphatic heterocycles. The fourth-order valence-corrected chi connectivity index (χ4v) is 4.93. The van der Waals surface area contributed by atoms with Crippen LogP contribution >= 0.6 is 11.6 Å². The predicted molar refractivity (Wildman–Crippen MR) is 111 cm³/mol. The van der Waals surface area contributed by atoms with Crippen molar-refractivity contribution in [1.82, 2.24) is 0 Å². The Morgan fingerprint density at radius 3 is 2.54 bits per heavy atom. The number of benzene rings is 2. The molecule has 0 atom stereocenters. The van der Waals surface area contributed by atoms with Gasteiger partial charge < -0.3 is 10.0 Å². The van der Waals surface area contributed by atoms with Crippen molar-refractivity contribution in [3.8, 4) is 0 Å². The molecule has 1 saturated heterocycles. The summed E-state index contributed by atoms with van der Waals surface area (Å²) < 4.78 is 28.0. The Morgan fingerprint density at radius 2 is 1.89 bits per heavy atom. The number of hydrogen-bond acceptors (Lipinski definition) is 4. The largest absolute Gasteiger partial charge is 0.478 e. The molecule has 1 heterocycles. The molecule has 0 amide bonds. The van der Waals surface area contributed by atoms with Gasteiger partial charge in [0.05, 0.1) is 16.1 Å². The number of piperidine rings is 1. The number of halogens is 1. The Labute approximate surface area is 170 Å². The van der Waals surface area contributed by atoms with E-state index in [2.05, 4.69) is 11.6 Å². The standard InChI is InChI=1S/C20H23ClN2O4S/c1-13-8-10-23(11-9-13)18-7-6-15(12-16(18)20(24)25)22-28(26,27)19-5-3-4-17(21)14(19)2/h3-7,12-13,22H,8-11H2,1-2H3,(H,24,25). The lowest BCUT2D eigenvalue weighted by Gasteiger charge is -2.33. The molecule has 3 rings (SSSR count). The number of aromatic carboxylic acids is 1. The van der Waals surface area contributed by atoms with Crippen molar-refractivity contribution in [2.45, 2.75) is 31.6 Å². The van der Waals surface area contributed by atoms with Crippen LogP contribution in [-0.2, 0) is 10.0 Å². The van der Waals surface area contributed by atoms with Gasteiger partial charge in [-0.1, -0.05) is 24.6 Å². The van der Waals surface area contributed by atoms with Crippen molar-refractivity contribution >= 4 is 39.0 Å². The van der Waals surface area contributed by atoms with Crippen LogP contribution in [0.1, 0.15) is 35.7 Å². The zero-order chi connectivity index (χ0) is 20.5. The summed E-state index contributed by atoms with van der Waals surface area (Å²) in [7, 11) is -3.89. The molecule has 2 aromatic rings. The van der Waals surface area contributed by atoms with Gasteiger partial charge in [-0.25, -0.2) is 13.2 Å². The molecule has 0 unspecified atom stereocenters. The molecule has 8 heteroatoms. The molecule has 1 aliphatic rings. The van der Waals surface area contributed by atoms with Gasteiger partial charge >= 0.3 is 5.97 Å². The Morgan fingerprint density at radius 1 is 1.21 bits per heavy atom. The number of carboxylic acids is 1. The van der Waals surface area contributed by atoms with Gasteiger partial charge in [0.15, 0.2) is 0 Å². The first kappa shape index (κ1) is 20.5. The molecule has 0 aliphatic carbocycles. The molecule has 0 aromatic heterocycles. The molecule has 0 saturated carbocycles. The fourth-order valence-electron chi connectivity index (χ4n) is 3.39. The first-order valence-electron chi connectivity index (χ1n) is 9.09. The molecule has 1 fully saturated rings. The van der Waals surface area contributed by atoms with Crippen molar-refractivity contribution in [1.29, 1.82) is 0 Å². The van der Waals surface area contributed by atoms with Crippen molar-refractivity contribution in [3.05, 3.63) is 52.5 Å². The van der Waals surface area contributed by atoms with E-state index in [-0.39, 0.29) is 16.1 Å². The van der Waals surface area contributed by atoms with E-state index in [0.717, 1.165) is 25.9 Å². The second-order valence-electron chi connectivity index (χ2n) is 7.18. The summed E-state index contributed by atoms with van der Waals surface area (Å²) in [6, 6.07) is 9.27. The third-order valence-electron chi connectivity index (χ3n) is 5.11. The SMILES string of the molecule is Cc1c(Cl)cccc1S(=O)(=O)Nc1ccc(N2CCC(C)CC2)c(C(=O)O)c1. The van der Waals surface area contributed by atoms with E-state index < -0.39 is 16.0 Å². The summed E-state index contributed by atoms with van der Waals surface area (Å²) in [6.45, 7) is 5.38.